The van der Waals surface area contributed by atoms with Gasteiger partial charge in [-0.2, -0.15) is 0 Å². The van der Waals surface area contributed by atoms with E-state index in [1.54, 1.807) is 14.2 Å². The third kappa shape index (κ3) is 2.57. The molecule has 0 fully saturated rings. The Labute approximate surface area is 90.4 Å². The molecule has 0 saturated heterocycles. The van der Waals surface area contributed by atoms with Crippen LogP contribution in [-0.4, -0.2) is 34.5 Å². The summed E-state index contributed by atoms with van der Waals surface area (Å²) in [6.45, 7) is 7.63. The molecular weight excluding hydrogens is 227 g/mol. The Bertz CT molecular complexity index is 184. The highest BCUT2D eigenvalue weighted by molar-refractivity contribution is 6.83. The summed E-state index contributed by atoms with van der Waals surface area (Å²) >= 11 is 11.4. The predicted octanol–water partition coefficient (Wildman–Crippen LogP) is 2.39. The second-order valence-corrected chi connectivity index (χ2v) is 6.50. The lowest BCUT2D eigenvalue weighted by Gasteiger charge is -2.29. The maximum absolute atomic E-state index is 5.69. The highest BCUT2D eigenvalue weighted by atomic mass is 35.5. The van der Waals surface area contributed by atoms with Crippen LogP contribution in [-0.2, 0) is 8.85 Å². The van der Waals surface area contributed by atoms with E-state index in [0.717, 1.165) is 10.4 Å². The lowest BCUT2D eigenvalue weighted by molar-refractivity contribution is 0.263. The Kier molecular flexibility index (Phi) is 5.92. The monoisotopic (exact) mass is 240 g/mol. The molecule has 0 aliphatic rings. The van der Waals surface area contributed by atoms with Crippen LogP contribution in [0, 0.1) is 0 Å². The minimum absolute atomic E-state index is 0.295. The topological polar surface area (TPSA) is 18.5 Å². The van der Waals surface area contributed by atoms with E-state index in [1.807, 2.05) is 0 Å². The molecule has 0 aromatic heterocycles. The highest BCUT2D eigenvalue weighted by Gasteiger charge is 2.41. The van der Waals surface area contributed by atoms with E-state index in [-0.39, 0.29) is 0 Å². The summed E-state index contributed by atoms with van der Waals surface area (Å²) in [4.78, 5) is 0. The highest BCUT2D eigenvalue weighted by Crippen LogP contribution is 2.24. The minimum atomic E-state index is -2.60. The summed E-state index contributed by atoms with van der Waals surface area (Å²) in [6.07, 6.45) is 0. The molecule has 0 heterocycles. The molecule has 0 N–H and O–H groups in total. The second kappa shape index (κ2) is 5.83. The van der Waals surface area contributed by atoms with Crippen molar-refractivity contribution in [3.05, 3.63) is 23.6 Å². The minimum Gasteiger partial charge on any atom is -0.391 e. The van der Waals surface area contributed by atoms with Crippen LogP contribution in [0.2, 0.25) is 0 Å². The van der Waals surface area contributed by atoms with Gasteiger partial charge in [-0.25, -0.2) is 0 Å². The molecule has 0 saturated carbocycles. The van der Waals surface area contributed by atoms with Crippen molar-refractivity contribution in [2.45, 2.75) is 0 Å². The van der Waals surface area contributed by atoms with Gasteiger partial charge in [0.1, 0.15) is 0 Å². The van der Waals surface area contributed by atoms with Crippen molar-refractivity contribution < 1.29 is 8.85 Å². The molecule has 2 nitrogen and oxygen atoms in total. The Hall–Kier alpha value is 0.197. The molecule has 0 rings (SSSR count). The average Bonchev–Trinajstić information content (AvgIpc) is 2.19. The zero-order valence-corrected chi connectivity index (χ0v) is 10.4. The zero-order valence-electron chi connectivity index (χ0n) is 7.90. The van der Waals surface area contributed by atoms with Gasteiger partial charge in [-0.05, 0) is 10.4 Å². The molecule has 0 bridgehead atoms. The maximum atomic E-state index is 5.69. The lowest BCUT2D eigenvalue weighted by atomic mass is 10.7. The molecule has 0 aromatic rings. The van der Waals surface area contributed by atoms with E-state index in [9.17, 15) is 0 Å². The standard InChI is InChI=1S/C8H14Cl2O2Si/c1-7(5-9)13(11-3,12-4)8(2)6-10/h1-2,5-6H2,3-4H3. The first-order valence-corrected chi connectivity index (χ1v) is 6.56. The maximum Gasteiger partial charge on any atom is 0.399 e. The molecule has 5 heteroatoms. The largest absolute Gasteiger partial charge is 0.399 e. The molecule has 13 heavy (non-hydrogen) atoms. The Morgan fingerprint density at radius 1 is 1.08 bits per heavy atom. The molecule has 0 aliphatic heterocycles. The summed E-state index contributed by atoms with van der Waals surface area (Å²) in [6, 6.07) is 0. The molecule has 76 valence electrons. The average molecular weight is 241 g/mol. The summed E-state index contributed by atoms with van der Waals surface area (Å²) in [5.74, 6) is 0.591. The molecule has 0 amide bonds. The summed E-state index contributed by atoms with van der Waals surface area (Å²) in [7, 11) is 0.518. The van der Waals surface area contributed by atoms with Crippen LogP contribution in [0.4, 0.5) is 0 Å². The van der Waals surface area contributed by atoms with Gasteiger partial charge in [-0.3, -0.25) is 0 Å². The van der Waals surface area contributed by atoms with Crippen LogP contribution in [0.25, 0.3) is 0 Å². The van der Waals surface area contributed by atoms with E-state index >= 15 is 0 Å². The third-order valence-electron chi connectivity index (χ3n) is 1.83. The number of hydrogen-bond acceptors (Lipinski definition) is 2. The quantitative estimate of drug-likeness (QED) is 0.525. The van der Waals surface area contributed by atoms with Gasteiger partial charge in [0.05, 0.1) is 0 Å². The first-order chi connectivity index (χ1) is 6.08. The van der Waals surface area contributed by atoms with Gasteiger partial charge in [0.15, 0.2) is 0 Å². The van der Waals surface area contributed by atoms with Crippen LogP contribution < -0.4 is 0 Å². The molecule has 0 radical (unpaired) electrons. The van der Waals surface area contributed by atoms with Crippen molar-refractivity contribution in [1.82, 2.24) is 0 Å². The lowest BCUT2D eigenvalue weighted by Crippen LogP contribution is -2.46. The van der Waals surface area contributed by atoms with Gasteiger partial charge in [-0.1, -0.05) is 13.2 Å². The van der Waals surface area contributed by atoms with Gasteiger partial charge in [0.25, 0.3) is 0 Å². The summed E-state index contributed by atoms with van der Waals surface area (Å²) in [5, 5.41) is 1.45. The van der Waals surface area contributed by atoms with E-state index < -0.39 is 8.56 Å². The first-order valence-electron chi connectivity index (χ1n) is 3.67. The van der Waals surface area contributed by atoms with Crippen molar-refractivity contribution in [1.29, 1.82) is 0 Å². The van der Waals surface area contributed by atoms with Crippen molar-refractivity contribution in [3.63, 3.8) is 0 Å². The Morgan fingerprint density at radius 3 is 1.54 bits per heavy atom. The van der Waals surface area contributed by atoms with E-state index in [4.69, 9.17) is 32.1 Å². The van der Waals surface area contributed by atoms with Crippen molar-refractivity contribution in [3.8, 4) is 0 Å². The van der Waals surface area contributed by atoms with E-state index in [0.29, 0.717) is 11.8 Å². The van der Waals surface area contributed by atoms with Crippen molar-refractivity contribution in [2.24, 2.45) is 0 Å². The smallest absolute Gasteiger partial charge is 0.391 e. The molecule has 0 aliphatic carbocycles. The fourth-order valence-corrected chi connectivity index (χ4v) is 4.32. The molecule has 0 aromatic carbocycles. The Morgan fingerprint density at radius 2 is 1.38 bits per heavy atom. The molecule has 0 spiro atoms. The number of alkyl halides is 2. The SMILES string of the molecule is C=C(CCl)[Si](OC)(OC)C(=C)CCl. The van der Waals surface area contributed by atoms with Crippen LogP contribution in [0.1, 0.15) is 0 Å². The predicted molar refractivity (Wildman–Crippen MR) is 59.5 cm³/mol. The van der Waals surface area contributed by atoms with Crippen LogP contribution in [0.5, 0.6) is 0 Å². The van der Waals surface area contributed by atoms with E-state index in [1.165, 1.54) is 0 Å². The van der Waals surface area contributed by atoms with Gasteiger partial charge >= 0.3 is 8.56 Å². The third-order valence-corrected chi connectivity index (χ3v) is 6.29. The normalized spacial score (nSPS) is 11.4. The molecular formula is C8H14Cl2O2Si. The number of allylic oxidation sites excluding steroid dienone is 2. The van der Waals surface area contributed by atoms with Crippen LogP contribution in [0.3, 0.4) is 0 Å². The fourth-order valence-electron chi connectivity index (χ4n) is 1.09. The Balaban J connectivity index is 4.90. The molecule has 0 unspecified atom stereocenters. The van der Waals surface area contributed by atoms with Gasteiger partial charge < -0.3 is 8.85 Å². The van der Waals surface area contributed by atoms with Gasteiger partial charge in [-0.15, -0.1) is 23.2 Å². The van der Waals surface area contributed by atoms with Crippen molar-refractivity contribution >= 4 is 31.8 Å². The van der Waals surface area contributed by atoms with Gasteiger partial charge in [0, 0.05) is 26.0 Å². The summed E-state index contributed by atoms with van der Waals surface area (Å²) in [5.41, 5.74) is 0. The van der Waals surface area contributed by atoms with Crippen LogP contribution in [0.15, 0.2) is 23.6 Å². The number of rotatable bonds is 6. The zero-order chi connectivity index (χ0) is 10.5. The fraction of sp³-hybridized carbons (Fsp3) is 0.500. The summed E-state index contributed by atoms with van der Waals surface area (Å²) < 4.78 is 10.7. The van der Waals surface area contributed by atoms with Gasteiger partial charge in [0.2, 0.25) is 0 Å². The second-order valence-electron chi connectivity index (χ2n) is 2.50. The van der Waals surface area contributed by atoms with Crippen molar-refractivity contribution in [2.75, 3.05) is 26.0 Å². The van der Waals surface area contributed by atoms with E-state index in [2.05, 4.69) is 13.2 Å². The molecule has 0 atom stereocenters. The number of halogens is 2. The van der Waals surface area contributed by atoms with Crippen LogP contribution >= 0.6 is 23.2 Å². The first kappa shape index (κ1) is 13.2. The number of hydrogen-bond donors (Lipinski definition) is 0.